The Morgan fingerprint density at radius 2 is 1.62 bits per heavy atom. The summed E-state index contributed by atoms with van der Waals surface area (Å²) in [5.41, 5.74) is 4.80. The van der Waals surface area contributed by atoms with Crippen LogP contribution in [-0.4, -0.2) is 77.0 Å². The van der Waals surface area contributed by atoms with Gasteiger partial charge in [-0.1, -0.05) is 29.8 Å². The largest absolute Gasteiger partial charge is 0.492 e. The predicted octanol–water partition coefficient (Wildman–Crippen LogP) is 5.70. The van der Waals surface area contributed by atoms with Crippen LogP contribution >= 0.6 is 0 Å². The Hall–Kier alpha value is -5.26. The lowest BCUT2D eigenvalue weighted by Gasteiger charge is -2.26. The van der Waals surface area contributed by atoms with Crippen molar-refractivity contribution < 1.29 is 17.9 Å². The maximum absolute atomic E-state index is 13.6. The molecule has 7 rings (SSSR count). The lowest BCUT2D eigenvalue weighted by Crippen LogP contribution is -2.44. The van der Waals surface area contributed by atoms with Gasteiger partial charge in [0.1, 0.15) is 17.9 Å². The highest BCUT2D eigenvalue weighted by Crippen LogP contribution is 2.32. The van der Waals surface area contributed by atoms with Crippen molar-refractivity contribution in [2.75, 3.05) is 33.3 Å². The minimum atomic E-state index is -3.99. The van der Waals surface area contributed by atoms with Crippen LogP contribution in [0.2, 0.25) is 0 Å². The molecule has 1 saturated heterocycles. The number of rotatable bonds is 8. The van der Waals surface area contributed by atoms with Crippen LogP contribution in [0.3, 0.4) is 0 Å². The first kappa shape index (κ1) is 33.2. The highest BCUT2D eigenvalue weighted by Gasteiger charge is 2.27. The Balaban J connectivity index is 1.11. The summed E-state index contributed by atoms with van der Waals surface area (Å²) in [7, 11) is -0.502. The standard InChI is InChI=1S/C39H39N5O5S/c1-26-6-14-32(15-7-26)50(47,48)44-21-18-33-34(25-42(4)39(46)37(33)44)29-10-16-36-30(24-29)11-17-35(40-36)28-8-12-31(13-9-28)49-23-22-43-20-5-19-41(3)38(45)27(43)2/h6-18,21,24-25,27H,5,19-20,22-23H2,1-4H3/t27-/m1/s1. The average Bonchev–Trinajstić information content (AvgIpc) is 3.54. The molecule has 1 aliphatic heterocycles. The van der Waals surface area contributed by atoms with Crippen LogP contribution in [0, 0.1) is 6.92 Å². The Bertz CT molecular complexity index is 2400. The molecule has 0 N–H and O–H groups in total. The molecule has 0 saturated carbocycles. The molecule has 1 aliphatic rings. The zero-order valence-corrected chi connectivity index (χ0v) is 29.4. The molecule has 0 aliphatic carbocycles. The lowest BCUT2D eigenvalue weighted by molar-refractivity contribution is -0.133. The summed E-state index contributed by atoms with van der Waals surface area (Å²) in [6.45, 7) is 6.67. The summed E-state index contributed by atoms with van der Waals surface area (Å²) >= 11 is 0. The lowest BCUT2D eigenvalue weighted by atomic mass is 10.0. The van der Waals surface area contributed by atoms with Crippen LogP contribution in [0.4, 0.5) is 0 Å². The number of benzene rings is 3. The van der Waals surface area contributed by atoms with Crippen molar-refractivity contribution in [3.05, 3.63) is 113 Å². The van der Waals surface area contributed by atoms with E-state index in [-0.39, 0.29) is 22.4 Å². The van der Waals surface area contributed by atoms with Gasteiger partial charge in [-0.3, -0.25) is 14.5 Å². The Morgan fingerprint density at radius 1 is 0.880 bits per heavy atom. The molecule has 256 valence electrons. The Labute approximate surface area is 291 Å². The maximum atomic E-state index is 13.6. The van der Waals surface area contributed by atoms with Crippen molar-refractivity contribution in [2.45, 2.75) is 31.2 Å². The van der Waals surface area contributed by atoms with Gasteiger partial charge in [-0.05, 0) is 86.5 Å². The highest BCUT2D eigenvalue weighted by atomic mass is 32.2. The zero-order valence-electron chi connectivity index (χ0n) is 28.5. The fraction of sp³-hybridized carbons (Fsp3) is 0.256. The van der Waals surface area contributed by atoms with Crippen molar-refractivity contribution in [3.63, 3.8) is 0 Å². The number of carbonyl (C=O) groups is 1. The van der Waals surface area contributed by atoms with Gasteiger partial charge in [0.05, 0.1) is 22.1 Å². The molecule has 0 unspecified atom stereocenters. The third-order valence-electron chi connectivity index (χ3n) is 9.58. The van der Waals surface area contributed by atoms with Crippen molar-refractivity contribution >= 4 is 37.7 Å². The first-order valence-electron chi connectivity index (χ1n) is 16.7. The molecule has 0 bridgehead atoms. The number of fused-ring (bicyclic) bond motifs is 2. The number of nitrogens with zero attached hydrogens (tertiary/aromatic N) is 5. The first-order chi connectivity index (χ1) is 24.0. The number of carbonyl (C=O) groups excluding carboxylic acids is 1. The summed E-state index contributed by atoms with van der Waals surface area (Å²) < 4.78 is 35.7. The molecule has 1 amide bonds. The number of aryl methyl sites for hydroxylation is 2. The van der Waals surface area contributed by atoms with Crippen molar-refractivity contribution in [3.8, 4) is 28.1 Å². The van der Waals surface area contributed by atoms with Crippen LogP contribution in [0.1, 0.15) is 18.9 Å². The number of hydrogen-bond donors (Lipinski definition) is 0. The van der Waals surface area contributed by atoms with Gasteiger partial charge in [-0.15, -0.1) is 0 Å². The molecule has 0 spiro atoms. The topological polar surface area (TPSA) is 107 Å². The third-order valence-corrected chi connectivity index (χ3v) is 11.3. The number of amides is 1. The minimum Gasteiger partial charge on any atom is -0.492 e. The van der Waals surface area contributed by atoms with Crippen molar-refractivity contribution in [2.24, 2.45) is 7.05 Å². The van der Waals surface area contributed by atoms with E-state index in [1.54, 1.807) is 48.5 Å². The number of hydrogen-bond acceptors (Lipinski definition) is 7. The summed E-state index contributed by atoms with van der Waals surface area (Å²) in [6, 6.07) is 25.8. The van der Waals surface area contributed by atoms with Gasteiger partial charge in [0.25, 0.3) is 15.6 Å². The van der Waals surface area contributed by atoms with E-state index >= 15 is 0 Å². The summed E-state index contributed by atoms with van der Waals surface area (Å²) in [5, 5.41) is 1.46. The SMILES string of the molecule is Cc1ccc(S(=O)(=O)n2ccc3c(-c4ccc5nc(-c6ccc(OCCN7CCCN(C)C(=O)[C@H]7C)cc6)ccc5c4)cn(C)c(=O)c32)cc1. The third kappa shape index (κ3) is 6.18. The average molecular weight is 690 g/mol. The van der Waals surface area contributed by atoms with Crippen LogP contribution < -0.4 is 10.3 Å². The molecule has 0 radical (unpaired) electrons. The van der Waals surface area contributed by atoms with E-state index in [4.69, 9.17) is 9.72 Å². The molecule has 50 heavy (non-hydrogen) atoms. The quantitative estimate of drug-likeness (QED) is 0.202. The fourth-order valence-electron chi connectivity index (χ4n) is 6.64. The second-order valence-electron chi connectivity index (χ2n) is 13.0. The second kappa shape index (κ2) is 13.2. The molecule has 10 nitrogen and oxygen atoms in total. The molecule has 1 fully saturated rings. The van der Waals surface area contributed by atoms with E-state index in [1.165, 1.54) is 10.8 Å². The summed E-state index contributed by atoms with van der Waals surface area (Å²) in [6.07, 6.45) is 4.15. The van der Waals surface area contributed by atoms with E-state index < -0.39 is 15.6 Å². The molecule has 3 aromatic carbocycles. The zero-order chi connectivity index (χ0) is 35.2. The van der Waals surface area contributed by atoms with Gasteiger partial charge < -0.3 is 14.2 Å². The second-order valence-corrected chi connectivity index (χ2v) is 14.8. The van der Waals surface area contributed by atoms with Crippen LogP contribution in [0.25, 0.3) is 44.2 Å². The van der Waals surface area contributed by atoms with Gasteiger partial charge in [0.15, 0.2) is 0 Å². The van der Waals surface area contributed by atoms with Crippen LogP contribution in [-0.2, 0) is 21.9 Å². The predicted molar refractivity (Wildman–Crippen MR) is 196 cm³/mol. The van der Waals surface area contributed by atoms with Crippen molar-refractivity contribution in [1.29, 1.82) is 0 Å². The van der Waals surface area contributed by atoms with Gasteiger partial charge in [-0.25, -0.2) is 17.4 Å². The number of aromatic nitrogens is 3. The van der Waals surface area contributed by atoms with E-state index in [0.29, 0.717) is 18.5 Å². The van der Waals surface area contributed by atoms with E-state index in [9.17, 15) is 18.0 Å². The van der Waals surface area contributed by atoms with Crippen molar-refractivity contribution in [1.82, 2.24) is 23.3 Å². The maximum Gasteiger partial charge on any atom is 0.275 e. The Kier molecular flexibility index (Phi) is 8.79. The fourth-order valence-corrected chi connectivity index (χ4v) is 7.98. The van der Waals surface area contributed by atoms with E-state index in [2.05, 4.69) is 4.90 Å². The van der Waals surface area contributed by atoms with Crippen LogP contribution in [0.5, 0.6) is 5.75 Å². The van der Waals surface area contributed by atoms with Gasteiger partial charge in [0.2, 0.25) is 5.91 Å². The first-order valence-corrected chi connectivity index (χ1v) is 18.1. The molecule has 4 heterocycles. The molecule has 6 aromatic rings. The number of likely N-dealkylation sites (N-methyl/N-ethyl adjacent to an activating group) is 1. The van der Waals surface area contributed by atoms with Gasteiger partial charge >= 0.3 is 0 Å². The van der Waals surface area contributed by atoms with Gasteiger partial charge in [-0.2, -0.15) is 0 Å². The molecule has 11 heteroatoms. The van der Waals surface area contributed by atoms with E-state index in [0.717, 1.165) is 68.1 Å². The summed E-state index contributed by atoms with van der Waals surface area (Å²) in [4.78, 5) is 34.8. The molecule has 3 aromatic heterocycles. The number of pyridine rings is 2. The normalized spacial score (nSPS) is 15.9. The monoisotopic (exact) mass is 689 g/mol. The number of ether oxygens (including phenoxy) is 1. The van der Waals surface area contributed by atoms with E-state index in [1.807, 2.05) is 75.5 Å². The minimum absolute atomic E-state index is 0.103. The Morgan fingerprint density at radius 3 is 2.38 bits per heavy atom. The molecule has 1 atom stereocenters. The summed E-state index contributed by atoms with van der Waals surface area (Å²) in [5.74, 6) is 0.909. The highest BCUT2D eigenvalue weighted by molar-refractivity contribution is 7.90. The molecular formula is C39H39N5O5S. The van der Waals surface area contributed by atoms with Crippen LogP contribution in [0.15, 0.2) is 107 Å². The van der Waals surface area contributed by atoms with Gasteiger partial charge in [0, 0.05) is 68.0 Å². The smallest absolute Gasteiger partial charge is 0.275 e. The molecular weight excluding hydrogens is 651 g/mol.